The molecule has 0 spiro atoms. The van der Waals surface area contributed by atoms with Crippen LogP contribution in [-0.4, -0.2) is 24.9 Å². The standard InChI is InChI=1S/C24H17N5S/c1-14-2-7-22(30-14)24-27-19-6-4-17(13-21(19)29-24)16-3-5-18-20(12-16)28-23(26-18)15-8-10-25-11-9-15/h2-13H,1H3,(H,26,28)(H,27,29). The molecule has 0 atom stereocenters. The van der Waals surface area contributed by atoms with Crippen LogP contribution in [0.3, 0.4) is 0 Å². The second kappa shape index (κ2) is 6.64. The molecule has 2 aromatic carbocycles. The van der Waals surface area contributed by atoms with Crippen LogP contribution in [0.4, 0.5) is 0 Å². The molecular formula is C24H17N5S. The zero-order chi connectivity index (χ0) is 20.1. The minimum atomic E-state index is 0.851. The highest BCUT2D eigenvalue weighted by Gasteiger charge is 2.10. The van der Waals surface area contributed by atoms with Gasteiger partial charge in [0.05, 0.1) is 26.9 Å². The number of benzene rings is 2. The highest BCUT2D eigenvalue weighted by molar-refractivity contribution is 7.15. The minimum absolute atomic E-state index is 0.851. The van der Waals surface area contributed by atoms with Crippen LogP contribution in [0.25, 0.3) is 55.3 Å². The lowest BCUT2D eigenvalue weighted by molar-refractivity contribution is 1.28. The summed E-state index contributed by atoms with van der Waals surface area (Å²) in [6.45, 7) is 2.11. The van der Waals surface area contributed by atoms with Crippen LogP contribution < -0.4 is 0 Å². The SMILES string of the molecule is Cc1ccc(-c2nc3ccc(-c4ccc5nc(-c6ccncc6)[nH]c5c4)cc3[nH]2)s1. The molecule has 0 saturated heterocycles. The molecule has 4 aromatic heterocycles. The van der Waals surface area contributed by atoms with Crippen molar-refractivity contribution in [3.05, 3.63) is 77.9 Å². The van der Waals surface area contributed by atoms with Gasteiger partial charge in [0.25, 0.3) is 0 Å². The molecule has 5 nitrogen and oxygen atoms in total. The normalized spacial score (nSPS) is 11.5. The lowest BCUT2D eigenvalue weighted by Crippen LogP contribution is -1.80. The number of nitrogens with one attached hydrogen (secondary N) is 2. The molecule has 0 aliphatic rings. The summed E-state index contributed by atoms with van der Waals surface area (Å²) in [6, 6.07) is 20.8. The second-order valence-corrected chi connectivity index (χ2v) is 8.57. The Morgan fingerprint density at radius 3 is 1.93 bits per heavy atom. The Kier molecular flexibility index (Phi) is 3.79. The number of rotatable bonds is 3. The first kappa shape index (κ1) is 17.1. The molecule has 0 saturated carbocycles. The molecule has 30 heavy (non-hydrogen) atoms. The summed E-state index contributed by atoms with van der Waals surface area (Å²) < 4.78 is 0. The molecule has 0 fully saturated rings. The van der Waals surface area contributed by atoms with E-state index in [2.05, 4.69) is 70.4 Å². The van der Waals surface area contributed by atoms with E-state index >= 15 is 0 Å². The predicted octanol–water partition coefficient (Wildman–Crippen LogP) is 6.21. The lowest BCUT2D eigenvalue weighted by atomic mass is 10.0. The minimum Gasteiger partial charge on any atom is -0.338 e. The van der Waals surface area contributed by atoms with Crippen molar-refractivity contribution >= 4 is 33.4 Å². The van der Waals surface area contributed by atoms with E-state index in [1.54, 1.807) is 23.7 Å². The van der Waals surface area contributed by atoms with Crippen molar-refractivity contribution in [2.45, 2.75) is 6.92 Å². The van der Waals surface area contributed by atoms with E-state index < -0.39 is 0 Å². The number of aryl methyl sites for hydroxylation is 1. The number of pyridine rings is 1. The average molecular weight is 408 g/mol. The van der Waals surface area contributed by atoms with Gasteiger partial charge in [-0.05, 0) is 66.6 Å². The molecule has 0 bridgehead atoms. The third kappa shape index (κ3) is 2.89. The summed E-state index contributed by atoms with van der Waals surface area (Å²) in [6.07, 6.45) is 3.55. The first-order valence-corrected chi connectivity index (χ1v) is 10.5. The summed E-state index contributed by atoms with van der Waals surface area (Å²) in [5.74, 6) is 1.77. The van der Waals surface area contributed by atoms with Gasteiger partial charge in [0, 0.05) is 22.8 Å². The molecule has 0 aliphatic heterocycles. The van der Waals surface area contributed by atoms with Crippen LogP contribution in [0.2, 0.25) is 0 Å². The average Bonchev–Trinajstić information content (AvgIpc) is 3.50. The Hall–Kier alpha value is -3.77. The number of nitrogens with zero attached hydrogens (tertiary/aromatic N) is 3. The predicted molar refractivity (Wildman–Crippen MR) is 122 cm³/mol. The van der Waals surface area contributed by atoms with Crippen molar-refractivity contribution in [1.82, 2.24) is 24.9 Å². The summed E-state index contributed by atoms with van der Waals surface area (Å²) in [5, 5.41) is 0. The molecule has 6 heteroatoms. The van der Waals surface area contributed by atoms with E-state index in [1.807, 2.05) is 12.1 Å². The molecule has 6 rings (SSSR count). The maximum absolute atomic E-state index is 4.75. The van der Waals surface area contributed by atoms with Crippen molar-refractivity contribution in [2.75, 3.05) is 0 Å². The third-order valence-electron chi connectivity index (χ3n) is 5.22. The molecule has 2 N–H and O–H groups in total. The Bertz CT molecular complexity index is 1510. The van der Waals surface area contributed by atoms with E-state index in [9.17, 15) is 0 Å². The van der Waals surface area contributed by atoms with Crippen LogP contribution in [-0.2, 0) is 0 Å². The van der Waals surface area contributed by atoms with Crippen molar-refractivity contribution in [3.8, 4) is 33.2 Å². The van der Waals surface area contributed by atoms with Gasteiger partial charge >= 0.3 is 0 Å². The quantitative estimate of drug-likeness (QED) is 0.367. The van der Waals surface area contributed by atoms with E-state index in [4.69, 9.17) is 9.97 Å². The first-order chi connectivity index (χ1) is 14.7. The van der Waals surface area contributed by atoms with Crippen LogP contribution in [0, 0.1) is 6.92 Å². The summed E-state index contributed by atoms with van der Waals surface area (Å²) in [7, 11) is 0. The zero-order valence-electron chi connectivity index (χ0n) is 16.2. The van der Waals surface area contributed by atoms with Crippen LogP contribution in [0.1, 0.15) is 4.88 Å². The largest absolute Gasteiger partial charge is 0.338 e. The number of fused-ring (bicyclic) bond motifs is 2. The Morgan fingerprint density at radius 2 is 1.30 bits per heavy atom. The highest BCUT2D eigenvalue weighted by atomic mass is 32.1. The number of hydrogen-bond donors (Lipinski definition) is 2. The fourth-order valence-electron chi connectivity index (χ4n) is 3.70. The van der Waals surface area contributed by atoms with Crippen LogP contribution in [0.15, 0.2) is 73.1 Å². The number of imidazole rings is 2. The lowest BCUT2D eigenvalue weighted by Gasteiger charge is -2.01. The van der Waals surface area contributed by atoms with Crippen LogP contribution >= 0.6 is 11.3 Å². The molecule has 0 amide bonds. The van der Waals surface area contributed by atoms with Crippen molar-refractivity contribution < 1.29 is 0 Å². The number of hydrogen-bond acceptors (Lipinski definition) is 4. The van der Waals surface area contributed by atoms with Gasteiger partial charge in [-0.15, -0.1) is 11.3 Å². The third-order valence-corrected chi connectivity index (χ3v) is 6.23. The van der Waals surface area contributed by atoms with Gasteiger partial charge in [0.2, 0.25) is 0 Å². The van der Waals surface area contributed by atoms with Crippen molar-refractivity contribution in [2.24, 2.45) is 0 Å². The van der Waals surface area contributed by atoms with Gasteiger partial charge in [-0.1, -0.05) is 12.1 Å². The maximum Gasteiger partial charge on any atom is 0.148 e. The molecule has 0 unspecified atom stereocenters. The van der Waals surface area contributed by atoms with E-state index in [1.165, 1.54) is 4.88 Å². The van der Waals surface area contributed by atoms with Gasteiger partial charge in [0.1, 0.15) is 11.6 Å². The van der Waals surface area contributed by atoms with Crippen molar-refractivity contribution in [3.63, 3.8) is 0 Å². The van der Waals surface area contributed by atoms with E-state index in [0.717, 1.165) is 55.3 Å². The first-order valence-electron chi connectivity index (χ1n) is 9.70. The Balaban J connectivity index is 1.40. The number of aromatic amines is 2. The zero-order valence-corrected chi connectivity index (χ0v) is 17.0. The fraction of sp³-hybridized carbons (Fsp3) is 0.0417. The second-order valence-electron chi connectivity index (χ2n) is 7.28. The topological polar surface area (TPSA) is 70.2 Å². The number of thiophene rings is 1. The highest BCUT2D eigenvalue weighted by Crippen LogP contribution is 2.31. The Labute approximate surface area is 176 Å². The molecule has 6 aromatic rings. The maximum atomic E-state index is 4.75. The molecule has 0 radical (unpaired) electrons. The van der Waals surface area contributed by atoms with Crippen molar-refractivity contribution in [1.29, 1.82) is 0 Å². The molecule has 4 heterocycles. The summed E-state index contributed by atoms with van der Waals surface area (Å²) >= 11 is 1.75. The van der Waals surface area contributed by atoms with Gasteiger partial charge in [-0.2, -0.15) is 0 Å². The Morgan fingerprint density at radius 1 is 0.667 bits per heavy atom. The van der Waals surface area contributed by atoms with Gasteiger partial charge < -0.3 is 9.97 Å². The molecular weight excluding hydrogens is 390 g/mol. The van der Waals surface area contributed by atoms with E-state index in [0.29, 0.717) is 0 Å². The number of aromatic nitrogens is 5. The monoisotopic (exact) mass is 407 g/mol. The summed E-state index contributed by atoms with van der Waals surface area (Å²) in [4.78, 5) is 22.9. The van der Waals surface area contributed by atoms with Gasteiger partial charge in [-0.25, -0.2) is 9.97 Å². The molecule has 0 aliphatic carbocycles. The smallest absolute Gasteiger partial charge is 0.148 e. The fourth-order valence-corrected chi connectivity index (χ4v) is 4.52. The van der Waals surface area contributed by atoms with Gasteiger partial charge in [-0.3, -0.25) is 4.98 Å². The van der Waals surface area contributed by atoms with Gasteiger partial charge in [0.15, 0.2) is 0 Å². The van der Waals surface area contributed by atoms with E-state index in [-0.39, 0.29) is 0 Å². The summed E-state index contributed by atoms with van der Waals surface area (Å²) in [5.41, 5.74) is 7.28. The molecule has 144 valence electrons. The number of H-pyrrole nitrogens is 2. The van der Waals surface area contributed by atoms with Crippen LogP contribution in [0.5, 0.6) is 0 Å².